The minimum Gasteiger partial charge on any atom is -0.392 e. The number of rotatable bonds is 6. The van der Waals surface area contributed by atoms with E-state index in [2.05, 4.69) is 36.5 Å². The summed E-state index contributed by atoms with van der Waals surface area (Å²) in [6, 6.07) is 10.0. The van der Waals surface area contributed by atoms with Crippen LogP contribution in [0.4, 0.5) is 0 Å². The number of nitrogens with zero attached hydrogens (tertiary/aromatic N) is 7. The van der Waals surface area contributed by atoms with Crippen molar-refractivity contribution in [2.45, 2.75) is 32.9 Å². The van der Waals surface area contributed by atoms with Crippen LogP contribution in [0.1, 0.15) is 32.0 Å². The molecule has 3 aromatic heterocycles. The van der Waals surface area contributed by atoms with E-state index in [1.807, 2.05) is 24.3 Å². The Balaban J connectivity index is 1.63. The molecule has 29 heavy (non-hydrogen) atoms. The minimum absolute atomic E-state index is 0.146. The lowest BCUT2D eigenvalue weighted by molar-refractivity contribution is -0.0514. The van der Waals surface area contributed by atoms with Crippen molar-refractivity contribution in [1.29, 1.82) is 0 Å². The highest BCUT2D eigenvalue weighted by atomic mass is 16.7. The molecule has 0 aliphatic carbocycles. The van der Waals surface area contributed by atoms with Crippen LogP contribution in [0, 0.1) is 0 Å². The molecule has 4 rings (SSSR count). The van der Waals surface area contributed by atoms with Crippen LogP contribution in [0.3, 0.4) is 0 Å². The fourth-order valence-electron chi connectivity index (χ4n) is 2.70. The molecule has 0 atom stereocenters. The molecule has 9 heteroatoms. The van der Waals surface area contributed by atoms with Crippen molar-refractivity contribution in [2.75, 3.05) is 6.61 Å². The van der Waals surface area contributed by atoms with Crippen molar-refractivity contribution in [2.24, 2.45) is 5.16 Å². The van der Waals surface area contributed by atoms with Crippen molar-refractivity contribution >= 4 is 27.9 Å². The third kappa shape index (κ3) is 4.04. The predicted octanol–water partition coefficient (Wildman–Crippen LogP) is 2.33. The molecule has 9 nitrogen and oxygen atoms in total. The van der Waals surface area contributed by atoms with Crippen LogP contribution in [0.15, 0.2) is 47.9 Å². The maximum atomic E-state index is 9.29. The normalized spacial score (nSPS) is 12.6. The van der Waals surface area contributed by atoms with E-state index in [-0.39, 0.29) is 6.61 Å². The molecule has 0 aliphatic heterocycles. The average molecular weight is 391 g/mol. The Bertz CT molecular complexity index is 1200. The van der Waals surface area contributed by atoms with Crippen molar-refractivity contribution in [3.63, 3.8) is 0 Å². The van der Waals surface area contributed by atoms with Gasteiger partial charge in [-0.1, -0.05) is 22.5 Å². The van der Waals surface area contributed by atoms with Gasteiger partial charge in [0, 0.05) is 11.6 Å². The second-order valence-corrected chi connectivity index (χ2v) is 7.37. The zero-order chi connectivity index (χ0) is 20.4. The summed E-state index contributed by atoms with van der Waals surface area (Å²) in [6.45, 7) is 5.62. The third-order valence-electron chi connectivity index (χ3n) is 4.41. The highest BCUT2D eigenvalue weighted by molar-refractivity contribution is 5.97. The molecule has 0 unspecified atom stereocenters. The van der Waals surface area contributed by atoms with E-state index >= 15 is 0 Å². The Morgan fingerprint density at radius 3 is 2.93 bits per heavy atom. The van der Waals surface area contributed by atoms with E-state index in [1.165, 1.54) is 0 Å². The molecule has 1 aromatic carbocycles. The molecule has 0 saturated carbocycles. The highest BCUT2D eigenvalue weighted by Gasteiger charge is 2.18. The largest absolute Gasteiger partial charge is 0.392 e. The van der Waals surface area contributed by atoms with Crippen LogP contribution in [0.25, 0.3) is 22.2 Å². The average Bonchev–Trinajstić information content (AvgIpc) is 3.14. The van der Waals surface area contributed by atoms with Gasteiger partial charge in [-0.2, -0.15) is 0 Å². The molecule has 0 amide bonds. The minimum atomic E-state index is -0.771. The van der Waals surface area contributed by atoms with E-state index in [9.17, 15) is 5.11 Å². The van der Waals surface area contributed by atoms with Gasteiger partial charge in [-0.15, -0.1) is 5.10 Å². The van der Waals surface area contributed by atoms with E-state index in [4.69, 9.17) is 4.84 Å². The first-order valence-corrected chi connectivity index (χ1v) is 9.19. The summed E-state index contributed by atoms with van der Waals surface area (Å²) in [4.78, 5) is 18.7. The Labute approximate surface area is 167 Å². The predicted molar refractivity (Wildman–Crippen MR) is 108 cm³/mol. The van der Waals surface area contributed by atoms with Crippen LogP contribution in [0.5, 0.6) is 0 Å². The van der Waals surface area contributed by atoms with Gasteiger partial charge in [0.05, 0.1) is 24.9 Å². The van der Waals surface area contributed by atoms with Crippen LogP contribution in [0.2, 0.25) is 0 Å². The molecule has 0 radical (unpaired) electrons. The van der Waals surface area contributed by atoms with Crippen molar-refractivity contribution in [3.8, 4) is 0 Å². The van der Waals surface area contributed by atoms with Gasteiger partial charge in [0.2, 0.25) is 5.65 Å². The summed E-state index contributed by atoms with van der Waals surface area (Å²) in [5.74, 6) is 0. The van der Waals surface area contributed by atoms with Gasteiger partial charge in [0.15, 0.2) is 11.2 Å². The summed E-state index contributed by atoms with van der Waals surface area (Å²) in [5.41, 5.74) is 3.35. The number of aliphatic hydroxyl groups is 1. The van der Waals surface area contributed by atoms with Crippen LogP contribution in [-0.4, -0.2) is 53.0 Å². The second-order valence-electron chi connectivity index (χ2n) is 7.37. The van der Waals surface area contributed by atoms with Gasteiger partial charge in [-0.05, 0) is 44.5 Å². The summed E-state index contributed by atoms with van der Waals surface area (Å²) < 4.78 is 1.70. The highest BCUT2D eigenvalue weighted by Crippen LogP contribution is 2.16. The maximum Gasteiger partial charge on any atom is 0.221 e. The van der Waals surface area contributed by atoms with E-state index in [1.54, 1.807) is 37.8 Å². The standard InChI is InChI=1S/C20H21N7O2/c1-13(25-29-20(2,3)12-28)17-10-22-18-19(23-17)27(26-24-18)11-14-6-7-16-15(9-14)5-4-8-21-16/h4-10,28H,11-12H2,1-3H3/b25-13+. The number of benzene rings is 1. The summed E-state index contributed by atoms with van der Waals surface area (Å²) in [6.07, 6.45) is 3.36. The Hall–Kier alpha value is -3.46. The smallest absolute Gasteiger partial charge is 0.221 e. The van der Waals surface area contributed by atoms with Gasteiger partial charge < -0.3 is 9.94 Å². The van der Waals surface area contributed by atoms with Gasteiger partial charge in [0.25, 0.3) is 0 Å². The molecular weight excluding hydrogens is 370 g/mol. The fourth-order valence-corrected chi connectivity index (χ4v) is 2.70. The summed E-state index contributed by atoms with van der Waals surface area (Å²) in [5, 5.41) is 22.7. The fraction of sp³-hybridized carbons (Fsp3) is 0.300. The van der Waals surface area contributed by atoms with Crippen LogP contribution >= 0.6 is 0 Å². The quantitative estimate of drug-likeness (QED) is 0.397. The molecular formula is C20H21N7O2. The van der Waals surface area contributed by atoms with Gasteiger partial charge >= 0.3 is 0 Å². The molecule has 0 fully saturated rings. The Morgan fingerprint density at radius 2 is 2.10 bits per heavy atom. The lowest BCUT2D eigenvalue weighted by Crippen LogP contribution is -2.27. The molecule has 0 saturated heterocycles. The van der Waals surface area contributed by atoms with E-state index < -0.39 is 5.60 Å². The molecule has 0 bridgehead atoms. The first kappa shape index (κ1) is 18.9. The number of oxime groups is 1. The zero-order valence-electron chi connectivity index (χ0n) is 16.4. The van der Waals surface area contributed by atoms with Crippen LogP contribution in [-0.2, 0) is 11.4 Å². The molecule has 4 aromatic rings. The van der Waals surface area contributed by atoms with Crippen LogP contribution < -0.4 is 0 Å². The molecule has 3 heterocycles. The number of pyridine rings is 1. The monoisotopic (exact) mass is 391 g/mol. The molecule has 148 valence electrons. The first-order valence-electron chi connectivity index (χ1n) is 9.19. The molecule has 0 spiro atoms. The zero-order valence-corrected chi connectivity index (χ0v) is 16.4. The van der Waals surface area contributed by atoms with Crippen molar-refractivity contribution < 1.29 is 9.94 Å². The third-order valence-corrected chi connectivity index (χ3v) is 4.41. The molecule has 0 aliphatic rings. The topological polar surface area (TPSA) is 111 Å². The van der Waals surface area contributed by atoms with Gasteiger partial charge in [-0.25, -0.2) is 14.6 Å². The van der Waals surface area contributed by atoms with E-state index in [0.717, 1.165) is 16.5 Å². The van der Waals surface area contributed by atoms with Crippen molar-refractivity contribution in [1.82, 2.24) is 29.9 Å². The van der Waals surface area contributed by atoms with Gasteiger partial charge in [-0.3, -0.25) is 4.98 Å². The second kappa shape index (κ2) is 7.51. The lowest BCUT2D eigenvalue weighted by atomic mass is 10.1. The lowest BCUT2D eigenvalue weighted by Gasteiger charge is -2.19. The molecule has 1 N–H and O–H groups in total. The number of hydrogen-bond acceptors (Lipinski definition) is 8. The Kier molecular flexibility index (Phi) is 4.89. The first-order chi connectivity index (χ1) is 13.9. The maximum absolute atomic E-state index is 9.29. The number of hydrogen-bond donors (Lipinski definition) is 1. The number of aromatic nitrogens is 6. The summed E-state index contributed by atoms with van der Waals surface area (Å²) in [7, 11) is 0. The van der Waals surface area contributed by atoms with E-state index in [0.29, 0.717) is 29.2 Å². The number of aliphatic hydroxyl groups excluding tert-OH is 1. The van der Waals surface area contributed by atoms with Gasteiger partial charge in [0.1, 0.15) is 11.4 Å². The van der Waals surface area contributed by atoms with Crippen molar-refractivity contribution in [3.05, 3.63) is 54.0 Å². The summed E-state index contributed by atoms with van der Waals surface area (Å²) >= 11 is 0. The number of fused-ring (bicyclic) bond motifs is 2. The Morgan fingerprint density at radius 1 is 1.24 bits per heavy atom. The SMILES string of the molecule is C/C(=N\OC(C)(C)CO)c1cnc2nnn(Cc3ccc4ncccc4c3)c2n1.